The van der Waals surface area contributed by atoms with Gasteiger partial charge in [0, 0.05) is 120 Å². The fourth-order valence-electron chi connectivity index (χ4n) is 11.1. The molecular weight excluding hydrogens is 970 g/mol. The van der Waals surface area contributed by atoms with E-state index in [9.17, 15) is 24.0 Å². The lowest BCUT2D eigenvalue weighted by atomic mass is 9.89. The normalized spacial score (nSPS) is 18.2. The summed E-state index contributed by atoms with van der Waals surface area (Å²) in [5, 5.41) is 14.4. The van der Waals surface area contributed by atoms with E-state index in [1.54, 1.807) is 41.2 Å². The van der Waals surface area contributed by atoms with E-state index >= 15 is 4.39 Å². The van der Waals surface area contributed by atoms with Gasteiger partial charge in [-0.05, 0) is 93.0 Å². The summed E-state index contributed by atoms with van der Waals surface area (Å²) in [6.07, 6.45) is 6.10. The molecule has 1 aromatic heterocycles. The number of aromatic amines is 1. The van der Waals surface area contributed by atoms with Crippen molar-refractivity contribution < 1.29 is 37.8 Å². The maximum absolute atomic E-state index is 15.1. The number of carbonyl (C=O) groups excluding carboxylic acids is 4. The summed E-state index contributed by atoms with van der Waals surface area (Å²) < 4.78 is 32.8. The Kier molecular flexibility index (Phi) is 18.4. The van der Waals surface area contributed by atoms with Crippen molar-refractivity contribution in [1.29, 1.82) is 0 Å². The van der Waals surface area contributed by atoms with Gasteiger partial charge in [0.15, 0.2) is 0 Å². The minimum atomic E-state index is -0.605. The van der Waals surface area contributed by atoms with Crippen molar-refractivity contribution in [3.63, 3.8) is 0 Å². The monoisotopic (exact) mass is 1040 g/mol. The quantitative estimate of drug-likeness (QED) is 0.0984. The van der Waals surface area contributed by atoms with Crippen LogP contribution in [0.15, 0.2) is 89.7 Å². The summed E-state index contributed by atoms with van der Waals surface area (Å²) in [4.78, 5) is 75.8. The molecule has 404 valence electrons. The molecule has 4 aliphatic heterocycles. The van der Waals surface area contributed by atoms with Gasteiger partial charge < -0.3 is 44.4 Å². The first kappa shape index (κ1) is 54.1. The first-order valence-corrected chi connectivity index (χ1v) is 27.1. The molecule has 1 unspecified atom stereocenters. The van der Waals surface area contributed by atoms with Gasteiger partial charge in [0.25, 0.3) is 17.4 Å². The van der Waals surface area contributed by atoms with Gasteiger partial charge in [0.1, 0.15) is 17.3 Å². The van der Waals surface area contributed by atoms with E-state index in [1.807, 2.05) is 60.4 Å². The number of rotatable bonds is 19. The lowest BCUT2D eigenvalue weighted by molar-refractivity contribution is -0.135. The lowest BCUT2D eigenvalue weighted by Crippen LogP contribution is -2.53. The van der Waals surface area contributed by atoms with Gasteiger partial charge >= 0.3 is 0 Å². The molecule has 9 rings (SSSR count). The molecule has 4 fully saturated rings. The Morgan fingerprint density at radius 3 is 2.25 bits per heavy atom. The number of benzene rings is 4. The maximum atomic E-state index is 15.1. The van der Waals surface area contributed by atoms with Crippen LogP contribution in [-0.4, -0.2) is 176 Å². The van der Waals surface area contributed by atoms with Crippen molar-refractivity contribution in [2.45, 2.75) is 76.5 Å². The number of amides is 4. The van der Waals surface area contributed by atoms with Gasteiger partial charge in [-0.2, -0.15) is 5.10 Å². The number of halogens is 1. The van der Waals surface area contributed by atoms with Gasteiger partial charge in [-0.25, -0.2) is 9.49 Å². The van der Waals surface area contributed by atoms with Gasteiger partial charge in [0.2, 0.25) is 11.8 Å². The number of nitrogens with zero attached hydrogens (tertiary/aromatic N) is 6. The number of carbonyl (C=O) groups is 4. The molecule has 0 aliphatic carbocycles. The summed E-state index contributed by atoms with van der Waals surface area (Å²) in [6.45, 7) is 10.9. The SMILES string of the molecule is CCOc1cc(OC)ccc1CNCC(=O)N1CCCC(c2cccc(C(=O)NCCN3CCC(OC4CCN(CC(=O)N5CCN(C(=O)c6cc(Cc7n[nH]c(=O)c8ccccc78)ccc6F)CC5)CC4)CC3)c2)C1. The van der Waals surface area contributed by atoms with Crippen LogP contribution in [-0.2, 0) is 27.3 Å². The number of hydrogen-bond donors (Lipinski definition) is 3. The third-order valence-corrected chi connectivity index (χ3v) is 15.4. The molecule has 0 bridgehead atoms. The van der Waals surface area contributed by atoms with E-state index in [1.165, 1.54) is 6.07 Å². The van der Waals surface area contributed by atoms with Crippen molar-refractivity contribution >= 4 is 34.4 Å². The van der Waals surface area contributed by atoms with E-state index in [2.05, 4.69) is 36.7 Å². The predicted octanol–water partition coefficient (Wildman–Crippen LogP) is 5.22. The molecule has 3 N–H and O–H groups in total. The molecule has 0 saturated carbocycles. The molecule has 4 saturated heterocycles. The fraction of sp³-hybridized carbons (Fsp3) is 0.483. The number of ether oxygens (including phenoxy) is 3. The van der Waals surface area contributed by atoms with Crippen LogP contribution in [0.5, 0.6) is 11.5 Å². The van der Waals surface area contributed by atoms with Crippen LogP contribution >= 0.6 is 0 Å². The highest BCUT2D eigenvalue weighted by atomic mass is 19.1. The maximum Gasteiger partial charge on any atom is 0.272 e. The van der Waals surface area contributed by atoms with E-state index in [0.717, 1.165) is 100 Å². The average Bonchev–Trinajstić information content (AvgIpc) is 3.45. The van der Waals surface area contributed by atoms with Crippen LogP contribution < -0.4 is 25.7 Å². The van der Waals surface area contributed by atoms with E-state index in [4.69, 9.17) is 14.2 Å². The van der Waals surface area contributed by atoms with Gasteiger partial charge in [0.05, 0.1) is 55.7 Å². The highest BCUT2D eigenvalue weighted by molar-refractivity contribution is 5.95. The van der Waals surface area contributed by atoms with E-state index in [0.29, 0.717) is 93.0 Å². The smallest absolute Gasteiger partial charge is 0.272 e. The second-order valence-corrected chi connectivity index (χ2v) is 20.4. The van der Waals surface area contributed by atoms with Gasteiger partial charge in [-0.15, -0.1) is 0 Å². The Bertz CT molecular complexity index is 2880. The molecular formula is C58H72FN9O8. The van der Waals surface area contributed by atoms with Crippen molar-refractivity contribution in [3.8, 4) is 11.5 Å². The Labute approximate surface area is 444 Å². The molecule has 4 aliphatic rings. The zero-order chi connectivity index (χ0) is 53.0. The predicted molar refractivity (Wildman–Crippen MR) is 287 cm³/mol. The Morgan fingerprint density at radius 2 is 1.50 bits per heavy atom. The zero-order valence-corrected chi connectivity index (χ0v) is 43.9. The molecule has 17 nitrogen and oxygen atoms in total. The highest BCUT2D eigenvalue weighted by Crippen LogP contribution is 2.29. The van der Waals surface area contributed by atoms with E-state index < -0.39 is 11.7 Å². The molecule has 0 radical (unpaired) electrons. The molecule has 76 heavy (non-hydrogen) atoms. The molecule has 4 amide bonds. The lowest BCUT2D eigenvalue weighted by Gasteiger charge is -2.38. The summed E-state index contributed by atoms with van der Waals surface area (Å²) >= 11 is 0. The second-order valence-electron chi connectivity index (χ2n) is 20.4. The van der Waals surface area contributed by atoms with Crippen LogP contribution in [0.1, 0.15) is 94.5 Å². The minimum Gasteiger partial charge on any atom is -0.497 e. The first-order valence-electron chi connectivity index (χ1n) is 27.1. The van der Waals surface area contributed by atoms with Crippen LogP contribution in [0.3, 0.4) is 0 Å². The molecule has 5 aromatic rings. The number of fused-ring (bicyclic) bond motifs is 1. The molecule has 18 heteroatoms. The molecule has 0 spiro atoms. The summed E-state index contributed by atoms with van der Waals surface area (Å²) in [7, 11) is 1.63. The van der Waals surface area contributed by atoms with Gasteiger partial charge in [-0.3, -0.25) is 28.9 Å². The Morgan fingerprint density at radius 1 is 0.763 bits per heavy atom. The van der Waals surface area contributed by atoms with Crippen molar-refractivity contribution in [3.05, 3.63) is 135 Å². The third-order valence-electron chi connectivity index (χ3n) is 15.4. The summed E-state index contributed by atoms with van der Waals surface area (Å²) in [5.74, 6) is 0.607. The second kappa shape index (κ2) is 25.9. The highest BCUT2D eigenvalue weighted by Gasteiger charge is 2.31. The molecule has 4 aromatic carbocycles. The third kappa shape index (κ3) is 13.8. The number of nitrogens with one attached hydrogen (secondary N) is 3. The molecule has 1 atom stereocenters. The average molecular weight is 1040 g/mol. The number of piperidine rings is 3. The largest absolute Gasteiger partial charge is 0.497 e. The van der Waals surface area contributed by atoms with Crippen LogP contribution in [0.2, 0.25) is 0 Å². The number of piperazine rings is 1. The Balaban J connectivity index is 0.638. The fourth-order valence-corrected chi connectivity index (χ4v) is 11.1. The summed E-state index contributed by atoms with van der Waals surface area (Å²) in [5.41, 5.74) is 3.69. The molecule has 5 heterocycles. The first-order chi connectivity index (χ1) is 37.0. The van der Waals surface area contributed by atoms with Crippen molar-refractivity contribution in [2.24, 2.45) is 0 Å². The van der Waals surface area contributed by atoms with Crippen molar-refractivity contribution in [1.82, 2.24) is 45.3 Å². The Hall–Kier alpha value is -6.73. The van der Waals surface area contributed by atoms with E-state index in [-0.39, 0.29) is 53.5 Å². The number of hydrogen-bond acceptors (Lipinski definition) is 12. The topological polar surface area (TPSA) is 182 Å². The number of methoxy groups -OCH3 is 1. The number of aromatic nitrogens is 2. The van der Waals surface area contributed by atoms with Crippen LogP contribution in [0.4, 0.5) is 4.39 Å². The summed E-state index contributed by atoms with van der Waals surface area (Å²) in [6, 6.07) is 25.2. The number of likely N-dealkylation sites (tertiary alicyclic amines) is 3. The zero-order valence-electron chi connectivity index (χ0n) is 43.9. The minimum absolute atomic E-state index is 0.0224. The number of H-pyrrole nitrogens is 1. The van der Waals surface area contributed by atoms with Gasteiger partial charge in [-0.1, -0.05) is 42.5 Å². The van der Waals surface area contributed by atoms with Crippen LogP contribution in [0.25, 0.3) is 10.8 Å². The standard InChI is InChI=1S/C58H72FN9O8/c1-3-75-53-35-47(74-2)15-14-43(53)36-60-37-54(69)68-22-7-10-44(38-68)41-8-6-9-42(34-41)56(71)61-21-27-64-23-17-45(18-24-64)76-46-19-25-65(26-20-46)39-55(70)66-28-30-67(31-29-66)58(73)50-32-40(13-16-51(50)59)33-52-48-11-4-5-12-49(48)57(72)63-62-52/h4-6,8-9,11-16,32,34-35,44-46,60H,3,7,10,17-31,33,36-39H2,1-2H3,(H,61,71)(H,63,72). The van der Waals surface area contributed by atoms with Crippen molar-refractivity contribution in [2.75, 3.05) is 105 Å². The van der Waals surface area contributed by atoms with Crippen LogP contribution in [0, 0.1) is 5.82 Å².